The summed E-state index contributed by atoms with van der Waals surface area (Å²) in [5.41, 5.74) is 11.8. The van der Waals surface area contributed by atoms with Gasteiger partial charge in [0.05, 0.1) is 29.4 Å². The lowest BCUT2D eigenvalue weighted by molar-refractivity contribution is 0.386. The number of nitriles is 1. The molecule has 0 radical (unpaired) electrons. The minimum absolute atomic E-state index is 0.0801. The molecule has 4 N–H and O–H groups in total. The van der Waals surface area contributed by atoms with Gasteiger partial charge in [-0.15, -0.1) is 0 Å². The van der Waals surface area contributed by atoms with E-state index in [0.29, 0.717) is 22.5 Å². The lowest BCUT2D eigenvalue weighted by Gasteiger charge is -2.15. The predicted octanol–water partition coefficient (Wildman–Crippen LogP) is 3.87. The van der Waals surface area contributed by atoms with Crippen LogP contribution in [0.3, 0.4) is 0 Å². The van der Waals surface area contributed by atoms with Gasteiger partial charge in [-0.25, -0.2) is 9.37 Å². The normalized spacial score (nSPS) is 10.3. The van der Waals surface area contributed by atoms with E-state index in [0.717, 1.165) is 11.1 Å². The number of methoxy groups -OCH3 is 1. The summed E-state index contributed by atoms with van der Waals surface area (Å²) in [4.78, 5) is 20.1. The van der Waals surface area contributed by atoms with Gasteiger partial charge in [0.2, 0.25) is 5.95 Å². The Bertz CT molecular complexity index is 1430. The molecule has 0 amide bonds. The molecule has 2 aromatic heterocycles. The second kappa shape index (κ2) is 9.97. The summed E-state index contributed by atoms with van der Waals surface area (Å²) in [6, 6.07) is 13.5. The monoisotopic (exact) mass is 466 g/mol. The lowest BCUT2D eigenvalue weighted by atomic mass is 10.1. The highest BCUT2D eigenvalue weighted by molar-refractivity contribution is 6.35. The molecule has 0 aliphatic carbocycles. The van der Waals surface area contributed by atoms with Crippen LogP contribution in [0.4, 0.5) is 16.2 Å². The number of nitrogen functional groups attached to an aromatic ring is 2. The molecule has 33 heavy (non-hydrogen) atoms. The summed E-state index contributed by atoms with van der Waals surface area (Å²) < 4.78 is 20.2. The van der Waals surface area contributed by atoms with Crippen LogP contribution in [0.5, 0.6) is 5.75 Å². The average Bonchev–Trinajstić information content (AvgIpc) is 2.80. The third-order valence-corrected chi connectivity index (χ3v) is 5.10. The number of hydrogen-bond acceptors (Lipinski definition) is 7. The van der Waals surface area contributed by atoms with Gasteiger partial charge in [-0.2, -0.15) is 10.2 Å². The Hall–Kier alpha value is -4.16. The minimum Gasteiger partial charge on any atom is -0.494 e. The average molecular weight is 467 g/mol. The van der Waals surface area contributed by atoms with Crippen LogP contribution in [0, 0.1) is 17.1 Å². The van der Waals surface area contributed by atoms with Gasteiger partial charge in [-0.1, -0.05) is 30.7 Å². The van der Waals surface area contributed by atoms with Crippen LogP contribution in [-0.2, 0) is 6.42 Å². The Labute approximate surface area is 193 Å². The number of rotatable bonds is 3. The van der Waals surface area contributed by atoms with Crippen molar-refractivity contribution in [2.24, 2.45) is 0 Å². The van der Waals surface area contributed by atoms with E-state index in [9.17, 15) is 9.18 Å². The summed E-state index contributed by atoms with van der Waals surface area (Å²) in [6.45, 7) is 1.96. The van der Waals surface area contributed by atoms with E-state index in [4.69, 9.17) is 33.1 Å². The van der Waals surface area contributed by atoms with Crippen molar-refractivity contribution in [3.63, 3.8) is 0 Å². The van der Waals surface area contributed by atoms with Crippen LogP contribution in [0.2, 0.25) is 5.02 Å². The van der Waals surface area contributed by atoms with Gasteiger partial charge in [-0.05, 0) is 36.1 Å². The molecule has 168 valence electrons. The molecule has 2 heterocycles. The van der Waals surface area contributed by atoms with Crippen LogP contribution in [0.1, 0.15) is 18.2 Å². The largest absolute Gasteiger partial charge is 0.494 e. The molecule has 4 rings (SSSR count). The smallest absolute Gasteiger partial charge is 0.264 e. The molecule has 0 bridgehead atoms. The number of pyridine rings is 1. The van der Waals surface area contributed by atoms with E-state index in [-0.39, 0.29) is 28.6 Å². The maximum absolute atomic E-state index is 13.7. The van der Waals surface area contributed by atoms with E-state index in [2.05, 4.69) is 9.97 Å². The van der Waals surface area contributed by atoms with Gasteiger partial charge >= 0.3 is 0 Å². The molecule has 8 nitrogen and oxygen atoms in total. The Morgan fingerprint density at radius 3 is 2.64 bits per heavy atom. The van der Waals surface area contributed by atoms with Gasteiger partial charge in [-0.3, -0.25) is 9.36 Å². The SMILES string of the molecule is CCc1cc2cccc(Cl)c2c(=O)n1-c1ccc(F)c(OC)c1.N#Cc1cnc(N)nc1N. The zero-order valence-electron chi connectivity index (χ0n) is 17.8. The molecule has 0 atom stereocenters. The molecular formula is C23H20ClFN6O2. The number of nitrogens with zero attached hydrogens (tertiary/aromatic N) is 4. The Morgan fingerprint density at radius 2 is 2.00 bits per heavy atom. The van der Waals surface area contributed by atoms with E-state index in [1.807, 2.05) is 31.2 Å². The Morgan fingerprint density at radius 1 is 1.24 bits per heavy atom. The molecule has 2 aromatic carbocycles. The van der Waals surface area contributed by atoms with Crippen LogP contribution in [0.15, 0.2) is 53.5 Å². The minimum atomic E-state index is -0.471. The third kappa shape index (κ3) is 4.86. The van der Waals surface area contributed by atoms with Crippen LogP contribution in [-0.4, -0.2) is 21.6 Å². The van der Waals surface area contributed by atoms with Gasteiger partial charge in [0.15, 0.2) is 11.6 Å². The predicted molar refractivity (Wildman–Crippen MR) is 126 cm³/mol. The summed E-state index contributed by atoms with van der Waals surface area (Å²) in [7, 11) is 1.39. The number of fused-ring (bicyclic) bond motifs is 1. The van der Waals surface area contributed by atoms with Gasteiger partial charge in [0.25, 0.3) is 5.56 Å². The zero-order chi connectivity index (χ0) is 24.1. The lowest BCUT2D eigenvalue weighted by Crippen LogP contribution is -2.22. The fourth-order valence-electron chi connectivity index (χ4n) is 3.20. The van der Waals surface area contributed by atoms with Crippen molar-refractivity contribution in [3.05, 3.63) is 81.1 Å². The molecule has 0 fully saturated rings. The molecular weight excluding hydrogens is 447 g/mol. The van der Waals surface area contributed by atoms with Crippen LogP contribution < -0.4 is 21.8 Å². The summed E-state index contributed by atoms with van der Waals surface area (Å²) >= 11 is 6.20. The van der Waals surface area contributed by atoms with Crippen molar-refractivity contribution < 1.29 is 9.13 Å². The number of aromatic nitrogens is 3. The number of nitrogens with two attached hydrogens (primary N) is 2. The van der Waals surface area contributed by atoms with E-state index >= 15 is 0 Å². The van der Waals surface area contributed by atoms with Crippen molar-refractivity contribution in [1.29, 1.82) is 5.26 Å². The molecule has 0 saturated carbocycles. The molecule has 0 unspecified atom stereocenters. The fourth-order valence-corrected chi connectivity index (χ4v) is 3.46. The van der Waals surface area contributed by atoms with Gasteiger partial charge in [0, 0.05) is 11.8 Å². The maximum atomic E-state index is 13.7. The van der Waals surface area contributed by atoms with Gasteiger partial charge < -0.3 is 16.2 Å². The Balaban J connectivity index is 0.000000257. The highest BCUT2D eigenvalue weighted by Crippen LogP contribution is 2.25. The first kappa shape index (κ1) is 23.5. The fraction of sp³-hybridized carbons (Fsp3) is 0.130. The Kier molecular flexibility index (Phi) is 7.10. The van der Waals surface area contributed by atoms with Crippen molar-refractivity contribution in [2.75, 3.05) is 18.6 Å². The van der Waals surface area contributed by atoms with Crippen LogP contribution in [0.25, 0.3) is 16.5 Å². The number of halogens is 2. The van der Waals surface area contributed by atoms with Crippen molar-refractivity contribution in [2.45, 2.75) is 13.3 Å². The van der Waals surface area contributed by atoms with Gasteiger partial charge in [0.1, 0.15) is 17.5 Å². The molecule has 0 saturated heterocycles. The standard InChI is InChI=1S/C18H15ClFNO2.C5H5N5/c1-3-12-9-11-5-4-6-14(19)17(11)18(22)21(12)13-7-8-15(20)16(10-13)23-2;6-1-3-2-9-5(8)10-4(3)7/h4-10H,3H2,1-2H3;2H,(H4,7,8,9,10). The third-order valence-electron chi connectivity index (χ3n) is 4.78. The number of hydrogen-bond donors (Lipinski definition) is 2. The first-order valence-electron chi connectivity index (χ1n) is 9.75. The number of anilines is 2. The van der Waals surface area contributed by atoms with Crippen molar-refractivity contribution >= 4 is 34.1 Å². The van der Waals surface area contributed by atoms with Crippen molar-refractivity contribution in [1.82, 2.24) is 14.5 Å². The molecule has 10 heteroatoms. The summed E-state index contributed by atoms with van der Waals surface area (Å²) in [5.74, 6) is -0.177. The van der Waals surface area contributed by atoms with E-state index < -0.39 is 5.82 Å². The molecule has 4 aromatic rings. The highest BCUT2D eigenvalue weighted by Gasteiger charge is 2.14. The highest BCUT2D eigenvalue weighted by atomic mass is 35.5. The number of aryl methyl sites for hydroxylation is 1. The first-order chi connectivity index (χ1) is 15.8. The summed E-state index contributed by atoms with van der Waals surface area (Å²) in [6.07, 6.45) is 1.94. The second-order valence-electron chi connectivity index (χ2n) is 6.79. The maximum Gasteiger partial charge on any atom is 0.264 e. The number of benzene rings is 2. The molecule has 0 spiro atoms. The quantitative estimate of drug-likeness (QED) is 0.468. The summed E-state index contributed by atoms with van der Waals surface area (Å²) in [5, 5.41) is 10.0. The topological polar surface area (TPSA) is 133 Å². The zero-order valence-corrected chi connectivity index (χ0v) is 18.6. The van der Waals surface area contributed by atoms with Crippen LogP contribution >= 0.6 is 11.6 Å². The van der Waals surface area contributed by atoms with E-state index in [1.54, 1.807) is 16.7 Å². The van der Waals surface area contributed by atoms with Crippen molar-refractivity contribution in [3.8, 4) is 17.5 Å². The number of ether oxygens (including phenoxy) is 1. The van der Waals surface area contributed by atoms with E-state index in [1.165, 1.54) is 25.4 Å². The first-order valence-corrected chi connectivity index (χ1v) is 10.1. The second-order valence-corrected chi connectivity index (χ2v) is 7.20. The molecule has 0 aliphatic heterocycles. The molecule has 0 aliphatic rings.